The highest BCUT2D eigenvalue weighted by Crippen LogP contribution is 2.25. The summed E-state index contributed by atoms with van der Waals surface area (Å²) < 4.78 is 0. The van der Waals surface area contributed by atoms with Gasteiger partial charge in [0.15, 0.2) is 5.82 Å². The van der Waals surface area contributed by atoms with Gasteiger partial charge in [0.25, 0.3) is 0 Å². The van der Waals surface area contributed by atoms with E-state index in [1.165, 1.54) is 13.0 Å². The van der Waals surface area contributed by atoms with E-state index < -0.39 is 0 Å². The molecule has 1 aromatic heterocycles. The van der Waals surface area contributed by atoms with Gasteiger partial charge in [-0.05, 0) is 39.7 Å². The lowest BCUT2D eigenvalue weighted by Gasteiger charge is -2.31. The van der Waals surface area contributed by atoms with Gasteiger partial charge < -0.3 is 5.32 Å². The van der Waals surface area contributed by atoms with Crippen molar-refractivity contribution < 1.29 is 0 Å². The van der Waals surface area contributed by atoms with Crippen LogP contribution in [0.1, 0.15) is 27.2 Å². The summed E-state index contributed by atoms with van der Waals surface area (Å²) in [5.74, 6) is 1.59. The molecule has 1 N–H and O–H groups in total. The van der Waals surface area contributed by atoms with Crippen molar-refractivity contribution in [1.29, 1.82) is 0 Å². The molecule has 1 atom stereocenters. The first-order valence-electron chi connectivity index (χ1n) is 7.73. The molecule has 0 aliphatic carbocycles. The maximum absolute atomic E-state index is 4.26. The van der Waals surface area contributed by atoms with Crippen molar-refractivity contribution >= 4 is 16.6 Å². The van der Waals surface area contributed by atoms with Crippen LogP contribution in [0.15, 0.2) is 30.5 Å². The molecule has 1 unspecified atom stereocenters. The first kappa shape index (κ1) is 14.3. The zero-order valence-corrected chi connectivity index (χ0v) is 13.1. The molecule has 4 heteroatoms. The molecule has 112 valence electrons. The van der Waals surface area contributed by atoms with Crippen molar-refractivity contribution in [2.75, 3.05) is 25.0 Å². The Morgan fingerprint density at radius 2 is 2.10 bits per heavy atom. The quantitative estimate of drug-likeness (QED) is 0.940. The van der Waals surface area contributed by atoms with Crippen molar-refractivity contribution in [3.8, 4) is 0 Å². The molecule has 0 saturated carbocycles. The Balaban J connectivity index is 1.65. The van der Waals surface area contributed by atoms with Crippen LogP contribution < -0.4 is 5.32 Å². The molecule has 21 heavy (non-hydrogen) atoms. The molecule has 3 rings (SSSR count). The summed E-state index contributed by atoms with van der Waals surface area (Å²) in [5.41, 5.74) is 0.272. The molecular formula is C17H24N4. The maximum Gasteiger partial charge on any atom is 0.156 e. The second-order valence-electron chi connectivity index (χ2n) is 6.93. The molecule has 0 spiro atoms. The van der Waals surface area contributed by atoms with Crippen LogP contribution in [0.3, 0.4) is 0 Å². The van der Waals surface area contributed by atoms with Crippen LogP contribution in [-0.4, -0.2) is 40.3 Å². The second-order valence-corrected chi connectivity index (χ2v) is 6.93. The van der Waals surface area contributed by atoms with Crippen molar-refractivity contribution in [2.45, 2.75) is 32.7 Å². The summed E-state index contributed by atoms with van der Waals surface area (Å²) in [6.07, 6.45) is 3.07. The van der Waals surface area contributed by atoms with Crippen LogP contribution in [0.25, 0.3) is 10.8 Å². The first-order valence-corrected chi connectivity index (χ1v) is 7.73. The lowest BCUT2D eigenvalue weighted by molar-refractivity contribution is 0.169. The summed E-state index contributed by atoms with van der Waals surface area (Å²) in [7, 11) is 0. The molecule has 1 aromatic carbocycles. The van der Waals surface area contributed by atoms with Crippen molar-refractivity contribution in [2.24, 2.45) is 5.92 Å². The molecule has 0 bridgehead atoms. The van der Waals surface area contributed by atoms with Crippen molar-refractivity contribution in [1.82, 2.24) is 15.1 Å². The van der Waals surface area contributed by atoms with E-state index in [1.807, 2.05) is 18.3 Å². The van der Waals surface area contributed by atoms with E-state index in [0.717, 1.165) is 29.7 Å². The predicted octanol–water partition coefficient (Wildman–Crippen LogP) is 3.16. The summed E-state index contributed by atoms with van der Waals surface area (Å²) in [5, 5.41) is 14.1. The van der Waals surface area contributed by atoms with E-state index >= 15 is 0 Å². The lowest BCUT2D eigenvalue weighted by Crippen LogP contribution is -2.39. The SMILES string of the molecule is CC(C)(C)N1CCC(CNc2nncc3ccccc23)C1. The van der Waals surface area contributed by atoms with Gasteiger partial charge in [-0.1, -0.05) is 24.3 Å². The Bertz CT molecular complexity index is 612. The van der Waals surface area contributed by atoms with Gasteiger partial charge in [0.2, 0.25) is 0 Å². The number of rotatable bonds is 3. The fourth-order valence-electron chi connectivity index (χ4n) is 3.01. The van der Waals surface area contributed by atoms with Crippen molar-refractivity contribution in [3.05, 3.63) is 30.5 Å². The average molecular weight is 284 g/mol. The number of likely N-dealkylation sites (tertiary alicyclic amines) is 1. The third-order valence-electron chi connectivity index (χ3n) is 4.36. The molecule has 2 heterocycles. The Hall–Kier alpha value is -1.68. The smallest absolute Gasteiger partial charge is 0.156 e. The minimum absolute atomic E-state index is 0.272. The van der Waals surface area contributed by atoms with E-state index in [4.69, 9.17) is 0 Å². The third kappa shape index (κ3) is 3.16. The van der Waals surface area contributed by atoms with E-state index in [9.17, 15) is 0 Å². The van der Waals surface area contributed by atoms with Gasteiger partial charge in [-0.2, -0.15) is 5.10 Å². The van der Waals surface area contributed by atoms with Crippen LogP contribution in [0, 0.1) is 5.92 Å². The topological polar surface area (TPSA) is 41.0 Å². The van der Waals surface area contributed by atoms with Gasteiger partial charge in [-0.25, -0.2) is 0 Å². The van der Waals surface area contributed by atoms with Crippen LogP contribution in [0.5, 0.6) is 0 Å². The highest BCUT2D eigenvalue weighted by molar-refractivity contribution is 5.90. The van der Waals surface area contributed by atoms with Crippen LogP contribution in [-0.2, 0) is 0 Å². The minimum Gasteiger partial charge on any atom is -0.368 e. The number of hydrogen-bond acceptors (Lipinski definition) is 4. The average Bonchev–Trinajstić information content (AvgIpc) is 2.94. The van der Waals surface area contributed by atoms with Crippen molar-refractivity contribution in [3.63, 3.8) is 0 Å². The Morgan fingerprint density at radius 3 is 2.86 bits per heavy atom. The van der Waals surface area contributed by atoms with E-state index in [-0.39, 0.29) is 5.54 Å². The maximum atomic E-state index is 4.26. The molecule has 0 radical (unpaired) electrons. The molecule has 0 amide bonds. The number of nitrogens with one attached hydrogen (secondary N) is 1. The van der Waals surface area contributed by atoms with Crippen LogP contribution in [0.4, 0.5) is 5.82 Å². The Morgan fingerprint density at radius 1 is 1.29 bits per heavy atom. The Labute approximate surface area is 126 Å². The minimum atomic E-state index is 0.272. The molecule has 1 aliphatic rings. The zero-order valence-electron chi connectivity index (χ0n) is 13.1. The van der Waals surface area contributed by atoms with Gasteiger partial charge in [0, 0.05) is 29.4 Å². The van der Waals surface area contributed by atoms with Gasteiger partial charge in [-0.15, -0.1) is 5.10 Å². The van der Waals surface area contributed by atoms with E-state index in [1.54, 1.807) is 0 Å². The third-order valence-corrected chi connectivity index (χ3v) is 4.36. The molecule has 2 aromatic rings. The fraction of sp³-hybridized carbons (Fsp3) is 0.529. The molecule has 1 fully saturated rings. The first-order chi connectivity index (χ1) is 10.0. The number of nitrogens with zero attached hydrogens (tertiary/aromatic N) is 3. The monoisotopic (exact) mass is 284 g/mol. The number of fused-ring (bicyclic) bond motifs is 1. The fourth-order valence-corrected chi connectivity index (χ4v) is 3.01. The van der Waals surface area contributed by atoms with Gasteiger partial charge >= 0.3 is 0 Å². The highest BCUT2D eigenvalue weighted by atomic mass is 15.2. The van der Waals surface area contributed by atoms with E-state index in [2.05, 4.69) is 53.3 Å². The zero-order chi connectivity index (χ0) is 14.9. The predicted molar refractivity (Wildman–Crippen MR) is 87.5 cm³/mol. The molecule has 4 nitrogen and oxygen atoms in total. The number of aromatic nitrogens is 2. The van der Waals surface area contributed by atoms with E-state index in [0.29, 0.717) is 5.92 Å². The summed E-state index contributed by atoms with van der Waals surface area (Å²) in [4.78, 5) is 2.56. The molecule has 1 saturated heterocycles. The molecule has 1 aliphatic heterocycles. The number of benzene rings is 1. The lowest BCUT2D eigenvalue weighted by atomic mass is 10.1. The van der Waals surface area contributed by atoms with Crippen LogP contribution >= 0.6 is 0 Å². The number of anilines is 1. The normalized spacial score (nSPS) is 20.0. The largest absolute Gasteiger partial charge is 0.368 e. The van der Waals surface area contributed by atoms with Gasteiger partial charge in [0.05, 0.1) is 6.20 Å². The summed E-state index contributed by atoms with van der Waals surface area (Å²) >= 11 is 0. The summed E-state index contributed by atoms with van der Waals surface area (Å²) in [6, 6.07) is 8.26. The number of hydrogen-bond donors (Lipinski definition) is 1. The summed E-state index contributed by atoms with van der Waals surface area (Å²) in [6.45, 7) is 10.2. The second kappa shape index (κ2) is 5.60. The van der Waals surface area contributed by atoms with Crippen LogP contribution in [0.2, 0.25) is 0 Å². The molecular weight excluding hydrogens is 260 g/mol. The van der Waals surface area contributed by atoms with Gasteiger partial charge in [0.1, 0.15) is 0 Å². The standard InChI is InChI=1S/C17H24N4/c1-17(2,3)21-9-8-13(12-21)10-18-16-15-7-5-4-6-14(15)11-19-20-16/h4-7,11,13H,8-10,12H2,1-3H3,(H,18,20). The highest BCUT2D eigenvalue weighted by Gasteiger charge is 2.29. The Kier molecular flexibility index (Phi) is 3.81. The van der Waals surface area contributed by atoms with Gasteiger partial charge in [-0.3, -0.25) is 4.90 Å².